The second kappa shape index (κ2) is 6.92. The lowest BCUT2D eigenvalue weighted by atomic mass is 10.1. The Hall–Kier alpha value is -2.54. The molecule has 124 valence electrons. The first-order chi connectivity index (χ1) is 11.6. The fraction of sp³-hybridized carbons (Fsp3) is 0.294. The van der Waals surface area contributed by atoms with Crippen molar-refractivity contribution >= 4 is 27.6 Å². The fourth-order valence-corrected chi connectivity index (χ4v) is 3.27. The minimum Gasteiger partial charge on any atom is -0.505 e. The number of hydrogen-bond donors (Lipinski definition) is 1. The Morgan fingerprint density at radius 3 is 2.96 bits per heavy atom. The highest BCUT2D eigenvalue weighted by Gasteiger charge is 2.24. The van der Waals surface area contributed by atoms with Crippen molar-refractivity contribution in [2.45, 2.75) is 26.7 Å². The number of esters is 1. The number of aromatic nitrogens is 3. The Balaban J connectivity index is 2.15. The van der Waals surface area contributed by atoms with E-state index in [0.29, 0.717) is 23.4 Å². The first-order valence-electron chi connectivity index (χ1n) is 7.70. The van der Waals surface area contributed by atoms with Gasteiger partial charge >= 0.3 is 5.97 Å². The summed E-state index contributed by atoms with van der Waals surface area (Å²) in [6, 6.07) is 3.65. The van der Waals surface area contributed by atoms with Crippen molar-refractivity contribution in [3.05, 3.63) is 35.9 Å². The molecule has 0 aliphatic carbocycles. The lowest BCUT2D eigenvalue weighted by molar-refractivity contribution is 0.0490. The Morgan fingerprint density at radius 2 is 2.25 bits per heavy atom. The van der Waals surface area contributed by atoms with Crippen LogP contribution < -0.4 is 0 Å². The van der Waals surface area contributed by atoms with E-state index in [4.69, 9.17) is 4.74 Å². The molecule has 6 nitrogen and oxygen atoms in total. The van der Waals surface area contributed by atoms with E-state index in [1.165, 1.54) is 11.5 Å². The van der Waals surface area contributed by atoms with Crippen molar-refractivity contribution < 1.29 is 14.6 Å². The van der Waals surface area contributed by atoms with Crippen LogP contribution in [-0.4, -0.2) is 32.0 Å². The summed E-state index contributed by atoms with van der Waals surface area (Å²) in [5.41, 5.74) is 1.90. The standard InChI is InChI=1S/C17H17N3O3S/c1-3-4-8-23-17(22)14-15(21)12-10(2)20-24-16(12)13(19-14)11-6-5-7-18-9-11/h5-7,9,21H,3-4,8H2,1-2H3. The van der Waals surface area contributed by atoms with Gasteiger partial charge in [-0.25, -0.2) is 9.78 Å². The summed E-state index contributed by atoms with van der Waals surface area (Å²) in [5.74, 6) is -0.802. The molecular weight excluding hydrogens is 326 g/mol. The molecule has 0 saturated heterocycles. The number of carbonyl (C=O) groups excluding carboxylic acids is 1. The highest BCUT2D eigenvalue weighted by Crippen LogP contribution is 2.38. The van der Waals surface area contributed by atoms with Gasteiger partial charge in [-0.2, -0.15) is 4.37 Å². The zero-order valence-corrected chi connectivity index (χ0v) is 14.3. The number of unbranched alkanes of at least 4 members (excludes halogenated alkanes) is 1. The summed E-state index contributed by atoms with van der Waals surface area (Å²) in [6.07, 6.45) is 5.02. The maximum Gasteiger partial charge on any atom is 0.360 e. The van der Waals surface area contributed by atoms with Gasteiger partial charge in [-0.3, -0.25) is 4.98 Å². The molecule has 1 N–H and O–H groups in total. The SMILES string of the molecule is CCCCOC(=O)c1nc(-c2cccnc2)c2snc(C)c2c1O. The van der Waals surface area contributed by atoms with Crippen LogP contribution in [0, 0.1) is 6.92 Å². The molecule has 0 bridgehead atoms. The summed E-state index contributed by atoms with van der Waals surface area (Å²) < 4.78 is 10.2. The molecule has 7 heteroatoms. The molecule has 0 unspecified atom stereocenters. The van der Waals surface area contributed by atoms with E-state index in [1.54, 1.807) is 25.4 Å². The molecule has 0 aliphatic rings. The minimum atomic E-state index is -0.626. The topological polar surface area (TPSA) is 85.2 Å². The van der Waals surface area contributed by atoms with Gasteiger partial charge in [-0.15, -0.1) is 0 Å². The third kappa shape index (κ3) is 2.94. The molecule has 0 saturated carbocycles. The zero-order valence-electron chi connectivity index (χ0n) is 13.4. The van der Waals surface area contributed by atoms with Crippen LogP contribution in [0.25, 0.3) is 21.3 Å². The highest BCUT2D eigenvalue weighted by atomic mass is 32.1. The molecule has 0 atom stereocenters. The van der Waals surface area contributed by atoms with E-state index in [0.717, 1.165) is 23.1 Å². The Kier molecular flexibility index (Phi) is 4.71. The molecule has 24 heavy (non-hydrogen) atoms. The maximum atomic E-state index is 12.3. The molecule has 0 fully saturated rings. The first-order valence-corrected chi connectivity index (χ1v) is 8.47. The van der Waals surface area contributed by atoms with Crippen LogP contribution in [-0.2, 0) is 4.74 Å². The van der Waals surface area contributed by atoms with Gasteiger partial charge in [0.25, 0.3) is 0 Å². The molecule has 3 aromatic heterocycles. The van der Waals surface area contributed by atoms with Gasteiger partial charge in [0.2, 0.25) is 0 Å². The van der Waals surface area contributed by atoms with Gasteiger partial charge in [0, 0.05) is 18.0 Å². The normalized spacial score (nSPS) is 10.9. The molecular formula is C17H17N3O3S. The van der Waals surface area contributed by atoms with Gasteiger partial charge in [-0.1, -0.05) is 13.3 Å². The minimum absolute atomic E-state index is 0.0826. The van der Waals surface area contributed by atoms with Crippen molar-refractivity contribution in [1.29, 1.82) is 0 Å². The molecule has 0 spiro atoms. The van der Waals surface area contributed by atoms with Crippen molar-refractivity contribution in [2.75, 3.05) is 6.61 Å². The van der Waals surface area contributed by atoms with Gasteiger partial charge in [0.05, 0.1) is 28.1 Å². The largest absolute Gasteiger partial charge is 0.505 e. The monoisotopic (exact) mass is 343 g/mol. The number of rotatable bonds is 5. The van der Waals surface area contributed by atoms with Crippen LogP contribution in [0.4, 0.5) is 0 Å². The third-order valence-corrected chi connectivity index (χ3v) is 4.57. The van der Waals surface area contributed by atoms with E-state index in [2.05, 4.69) is 14.3 Å². The number of fused-ring (bicyclic) bond motifs is 1. The highest BCUT2D eigenvalue weighted by molar-refractivity contribution is 7.14. The van der Waals surface area contributed by atoms with Crippen LogP contribution >= 0.6 is 11.5 Å². The maximum absolute atomic E-state index is 12.3. The van der Waals surface area contributed by atoms with Crippen molar-refractivity contribution in [2.24, 2.45) is 0 Å². The average molecular weight is 343 g/mol. The smallest absolute Gasteiger partial charge is 0.360 e. The quantitative estimate of drug-likeness (QED) is 0.561. The molecule has 3 rings (SSSR count). The number of carbonyl (C=O) groups is 1. The predicted octanol–water partition coefficient (Wildman–Crippen LogP) is 3.72. The number of ether oxygens (including phenoxy) is 1. The number of hydrogen-bond acceptors (Lipinski definition) is 7. The molecule has 0 radical (unpaired) electrons. The number of aromatic hydroxyl groups is 1. The first kappa shape index (κ1) is 16.3. The van der Waals surface area contributed by atoms with Crippen LogP contribution in [0.15, 0.2) is 24.5 Å². The van der Waals surface area contributed by atoms with Gasteiger partial charge in [0.15, 0.2) is 11.4 Å². The predicted molar refractivity (Wildman–Crippen MR) is 92.2 cm³/mol. The van der Waals surface area contributed by atoms with Crippen LogP contribution in [0.2, 0.25) is 0 Å². The summed E-state index contributed by atoms with van der Waals surface area (Å²) >= 11 is 1.24. The molecule has 0 aliphatic heterocycles. The third-order valence-electron chi connectivity index (χ3n) is 3.62. The van der Waals surface area contributed by atoms with E-state index >= 15 is 0 Å². The van der Waals surface area contributed by atoms with E-state index in [-0.39, 0.29) is 11.4 Å². The second-order valence-electron chi connectivity index (χ2n) is 5.36. The summed E-state index contributed by atoms with van der Waals surface area (Å²) in [4.78, 5) is 20.8. The van der Waals surface area contributed by atoms with Crippen LogP contribution in [0.5, 0.6) is 5.75 Å². The van der Waals surface area contributed by atoms with Crippen molar-refractivity contribution in [1.82, 2.24) is 14.3 Å². The molecule has 0 aromatic carbocycles. The summed E-state index contributed by atoms with van der Waals surface area (Å²) in [7, 11) is 0. The number of aryl methyl sites for hydroxylation is 1. The van der Waals surface area contributed by atoms with Gasteiger partial charge in [-0.05, 0) is 37.0 Å². The Bertz CT molecular complexity index is 878. The van der Waals surface area contributed by atoms with Crippen molar-refractivity contribution in [3.63, 3.8) is 0 Å². The lowest BCUT2D eigenvalue weighted by Crippen LogP contribution is -2.09. The van der Waals surface area contributed by atoms with E-state index < -0.39 is 5.97 Å². The average Bonchev–Trinajstić information content (AvgIpc) is 2.98. The lowest BCUT2D eigenvalue weighted by Gasteiger charge is -2.09. The zero-order chi connectivity index (χ0) is 17.1. The molecule has 0 amide bonds. The Labute approximate surface area is 143 Å². The van der Waals surface area contributed by atoms with Gasteiger partial charge < -0.3 is 9.84 Å². The Morgan fingerprint density at radius 1 is 1.42 bits per heavy atom. The second-order valence-corrected chi connectivity index (χ2v) is 6.13. The van der Waals surface area contributed by atoms with E-state index in [1.807, 2.05) is 13.0 Å². The molecule has 3 aromatic rings. The van der Waals surface area contributed by atoms with E-state index in [9.17, 15) is 9.90 Å². The van der Waals surface area contributed by atoms with Crippen LogP contribution in [0.3, 0.4) is 0 Å². The van der Waals surface area contributed by atoms with Crippen molar-refractivity contribution in [3.8, 4) is 17.0 Å². The summed E-state index contributed by atoms with van der Waals surface area (Å²) in [6.45, 7) is 4.10. The summed E-state index contributed by atoms with van der Waals surface area (Å²) in [5, 5.41) is 11.0. The number of nitrogens with zero attached hydrogens (tertiary/aromatic N) is 3. The van der Waals surface area contributed by atoms with Crippen LogP contribution in [0.1, 0.15) is 35.9 Å². The van der Waals surface area contributed by atoms with Gasteiger partial charge in [0.1, 0.15) is 0 Å². The number of pyridine rings is 2. The fourth-order valence-electron chi connectivity index (χ4n) is 2.36. The molecule has 3 heterocycles.